The Labute approximate surface area is 196 Å². The maximum atomic E-state index is 12.7. The molecule has 0 saturated heterocycles. The normalized spacial score (nSPS) is 13.1. The Morgan fingerprint density at radius 2 is 1.97 bits per heavy atom. The minimum atomic E-state index is -4.44. The fraction of sp³-hybridized carbons (Fsp3) is 0.391. The number of aryl methyl sites for hydroxylation is 1. The zero-order valence-corrected chi connectivity index (χ0v) is 19.6. The van der Waals surface area contributed by atoms with Gasteiger partial charge >= 0.3 is 6.18 Å². The Morgan fingerprint density at radius 1 is 1.26 bits per heavy atom. The van der Waals surface area contributed by atoms with Gasteiger partial charge in [-0.2, -0.15) is 18.3 Å². The number of fused-ring (bicyclic) bond motifs is 1. The summed E-state index contributed by atoms with van der Waals surface area (Å²) < 4.78 is 48.8. The van der Waals surface area contributed by atoms with Crippen molar-refractivity contribution in [3.8, 4) is 5.75 Å². The topological polar surface area (TPSA) is 118 Å². The second kappa shape index (κ2) is 11.1. The average Bonchev–Trinajstić information content (AvgIpc) is 2.73. The van der Waals surface area contributed by atoms with Crippen molar-refractivity contribution in [3.05, 3.63) is 46.8 Å². The van der Waals surface area contributed by atoms with E-state index in [0.29, 0.717) is 34.4 Å². The van der Waals surface area contributed by atoms with Gasteiger partial charge in [0.2, 0.25) is 0 Å². The van der Waals surface area contributed by atoms with Gasteiger partial charge < -0.3 is 20.6 Å². The number of halogens is 3. The smallest absolute Gasteiger partial charge is 0.422 e. The molecule has 4 N–H and O–H groups in total. The Hall–Kier alpha value is -3.47. The first-order chi connectivity index (χ1) is 15.9. The fourth-order valence-corrected chi connectivity index (χ4v) is 3.09. The molecular weight excluding hydrogens is 449 g/mol. The largest absolute Gasteiger partial charge is 0.484 e. The molecule has 0 atom stereocenters. The standard InChI is InChI=1S/C23H29F3N6O2/c1-14-8-19(21(32-29-5)34-13-30-11-15(28)6-7-27)31-20-17(14)9-16(33-12-23(24,25)26)10-18(20)22(2,3)4/h6-10,27,30H,5,11-13,28H2,1-4H3/b15-6-,27-7?,32-21-. The molecule has 11 heteroatoms. The molecular formula is C23H29F3N6O2. The number of nitrogens with one attached hydrogen (secondary N) is 2. The second-order valence-electron chi connectivity index (χ2n) is 8.52. The number of pyridine rings is 1. The molecule has 0 aliphatic rings. The number of nitrogens with zero attached hydrogens (tertiary/aromatic N) is 3. The fourth-order valence-electron chi connectivity index (χ4n) is 3.09. The third kappa shape index (κ3) is 7.55. The Kier molecular flexibility index (Phi) is 8.74. The van der Waals surface area contributed by atoms with E-state index in [1.54, 1.807) is 18.2 Å². The molecule has 1 aromatic heterocycles. The van der Waals surface area contributed by atoms with E-state index in [1.807, 2.05) is 27.7 Å². The minimum Gasteiger partial charge on any atom is -0.484 e. The van der Waals surface area contributed by atoms with E-state index >= 15 is 0 Å². The number of rotatable bonds is 9. The summed E-state index contributed by atoms with van der Waals surface area (Å²) in [5.74, 6) is 0.226. The summed E-state index contributed by atoms with van der Waals surface area (Å²) in [6.07, 6.45) is -1.91. The van der Waals surface area contributed by atoms with Crippen molar-refractivity contribution >= 4 is 29.7 Å². The van der Waals surface area contributed by atoms with Crippen LogP contribution < -0.4 is 15.8 Å². The van der Waals surface area contributed by atoms with Gasteiger partial charge in [-0.1, -0.05) is 20.8 Å². The van der Waals surface area contributed by atoms with E-state index in [1.165, 1.54) is 6.08 Å². The lowest BCUT2D eigenvalue weighted by Crippen LogP contribution is -2.26. The van der Waals surface area contributed by atoms with Crippen LogP contribution in [0.1, 0.15) is 37.6 Å². The van der Waals surface area contributed by atoms with Crippen LogP contribution in [0.25, 0.3) is 10.9 Å². The van der Waals surface area contributed by atoms with E-state index in [0.717, 1.165) is 11.8 Å². The molecule has 0 spiro atoms. The van der Waals surface area contributed by atoms with Crippen LogP contribution in [0.5, 0.6) is 5.75 Å². The van der Waals surface area contributed by atoms with Crippen molar-refractivity contribution in [2.45, 2.75) is 39.3 Å². The number of hydrogen-bond donors (Lipinski definition) is 3. The molecule has 1 heterocycles. The molecule has 184 valence electrons. The summed E-state index contributed by atoms with van der Waals surface area (Å²) in [7, 11) is 0. The van der Waals surface area contributed by atoms with E-state index < -0.39 is 18.2 Å². The minimum absolute atomic E-state index is 0.0377. The van der Waals surface area contributed by atoms with Crippen LogP contribution in [0.2, 0.25) is 0 Å². The van der Waals surface area contributed by atoms with E-state index in [2.05, 4.69) is 22.2 Å². The van der Waals surface area contributed by atoms with Crippen LogP contribution in [0, 0.1) is 12.3 Å². The molecule has 0 radical (unpaired) electrons. The van der Waals surface area contributed by atoms with Crippen molar-refractivity contribution in [2.24, 2.45) is 15.9 Å². The summed E-state index contributed by atoms with van der Waals surface area (Å²) >= 11 is 0. The molecule has 0 saturated carbocycles. The summed E-state index contributed by atoms with van der Waals surface area (Å²) in [5, 5.41) is 18.1. The Bertz CT molecular complexity index is 1100. The maximum Gasteiger partial charge on any atom is 0.422 e. The third-order valence-electron chi connectivity index (χ3n) is 4.62. The SMILES string of the molecule is C=N/N=C(\OCNC/C(N)=C/C=N)c1cc(C)c2cc(OCC(F)(F)F)cc(C(C)(C)C)c2n1. The molecule has 0 aliphatic carbocycles. The van der Waals surface area contributed by atoms with Crippen LogP contribution in [0.3, 0.4) is 0 Å². The summed E-state index contributed by atoms with van der Waals surface area (Å²) in [6.45, 7) is 9.95. The van der Waals surface area contributed by atoms with Gasteiger partial charge in [0.15, 0.2) is 6.61 Å². The number of benzene rings is 1. The van der Waals surface area contributed by atoms with Crippen molar-refractivity contribution in [1.82, 2.24) is 10.3 Å². The van der Waals surface area contributed by atoms with Gasteiger partial charge in [0.25, 0.3) is 5.90 Å². The van der Waals surface area contributed by atoms with Gasteiger partial charge in [0, 0.05) is 30.6 Å². The second-order valence-corrected chi connectivity index (χ2v) is 8.52. The number of hydrogen-bond acceptors (Lipinski definition) is 8. The monoisotopic (exact) mass is 478 g/mol. The number of ether oxygens (including phenoxy) is 2. The number of allylic oxidation sites excluding steroid dienone is 1. The first-order valence-corrected chi connectivity index (χ1v) is 10.3. The summed E-state index contributed by atoms with van der Waals surface area (Å²) in [6, 6.07) is 4.83. The molecule has 8 nitrogen and oxygen atoms in total. The van der Waals surface area contributed by atoms with E-state index in [9.17, 15) is 13.2 Å². The Balaban J connectivity index is 2.45. The molecule has 34 heavy (non-hydrogen) atoms. The van der Waals surface area contributed by atoms with Crippen LogP contribution in [-0.2, 0) is 10.2 Å². The van der Waals surface area contributed by atoms with Crippen LogP contribution in [0.4, 0.5) is 13.2 Å². The van der Waals surface area contributed by atoms with Crippen molar-refractivity contribution < 1.29 is 22.6 Å². The molecule has 0 aliphatic heterocycles. The molecule has 2 rings (SSSR count). The molecule has 0 bridgehead atoms. The number of alkyl halides is 3. The number of aromatic nitrogens is 1. The lowest BCUT2D eigenvalue weighted by molar-refractivity contribution is -0.153. The molecule has 0 fully saturated rings. The van der Waals surface area contributed by atoms with Crippen LogP contribution in [-0.4, -0.2) is 49.9 Å². The van der Waals surface area contributed by atoms with E-state index in [-0.39, 0.29) is 18.4 Å². The van der Waals surface area contributed by atoms with Crippen LogP contribution in [0.15, 0.2) is 40.2 Å². The predicted molar refractivity (Wildman–Crippen MR) is 128 cm³/mol. The van der Waals surface area contributed by atoms with Crippen molar-refractivity contribution in [1.29, 1.82) is 5.41 Å². The van der Waals surface area contributed by atoms with Gasteiger partial charge in [-0.05, 0) is 47.7 Å². The lowest BCUT2D eigenvalue weighted by atomic mass is 9.84. The first kappa shape index (κ1) is 26.8. The van der Waals surface area contributed by atoms with Gasteiger partial charge in [-0.3, -0.25) is 5.32 Å². The number of nitrogens with two attached hydrogens (primary N) is 1. The molecule has 0 unspecified atom stereocenters. The zero-order chi connectivity index (χ0) is 25.5. The first-order valence-electron chi connectivity index (χ1n) is 10.3. The molecule has 2 aromatic rings. The highest BCUT2D eigenvalue weighted by Crippen LogP contribution is 2.35. The predicted octanol–water partition coefficient (Wildman–Crippen LogP) is 4.20. The maximum absolute atomic E-state index is 12.7. The third-order valence-corrected chi connectivity index (χ3v) is 4.62. The van der Waals surface area contributed by atoms with Crippen LogP contribution >= 0.6 is 0 Å². The average molecular weight is 479 g/mol. The zero-order valence-electron chi connectivity index (χ0n) is 19.6. The van der Waals surface area contributed by atoms with Gasteiger partial charge in [-0.25, -0.2) is 4.98 Å². The molecule has 0 amide bonds. The highest BCUT2D eigenvalue weighted by Gasteiger charge is 2.29. The Morgan fingerprint density at radius 3 is 2.56 bits per heavy atom. The molecule has 1 aromatic carbocycles. The van der Waals surface area contributed by atoms with Crippen molar-refractivity contribution in [3.63, 3.8) is 0 Å². The summed E-state index contributed by atoms with van der Waals surface area (Å²) in [5.41, 5.74) is 8.16. The summed E-state index contributed by atoms with van der Waals surface area (Å²) in [4.78, 5) is 4.70. The van der Waals surface area contributed by atoms with Crippen molar-refractivity contribution in [2.75, 3.05) is 19.9 Å². The van der Waals surface area contributed by atoms with E-state index in [4.69, 9.17) is 25.6 Å². The lowest BCUT2D eigenvalue weighted by Gasteiger charge is -2.23. The quantitative estimate of drug-likeness (QED) is 0.164. The highest BCUT2D eigenvalue weighted by atomic mass is 19.4. The van der Waals surface area contributed by atoms with Gasteiger partial charge in [-0.15, -0.1) is 5.10 Å². The van der Waals surface area contributed by atoms with Gasteiger partial charge in [0.1, 0.15) is 18.2 Å². The van der Waals surface area contributed by atoms with Gasteiger partial charge in [0.05, 0.1) is 5.52 Å². The highest BCUT2D eigenvalue weighted by molar-refractivity contribution is 5.97.